The van der Waals surface area contributed by atoms with Crippen molar-refractivity contribution >= 4 is 21.5 Å². The number of nitrogens with zero attached hydrogens (tertiary/aromatic N) is 1. The molecule has 0 saturated carbocycles. The molecule has 3 rings (SSSR count). The summed E-state index contributed by atoms with van der Waals surface area (Å²) >= 11 is 0. The van der Waals surface area contributed by atoms with Crippen LogP contribution in [-0.2, 0) is 16.7 Å². The second-order valence-corrected chi connectivity index (χ2v) is 11.3. The molecule has 194 valence electrons. The third-order valence-corrected chi connectivity index (χ3v) is 7.87. The predicted octanol–water partition coefficient (Wildman–Crippen LogP) is 4.83. The molecule has 0 fully saturated rings. The van der Waals surface area contributed by atoms with Crippen LogP contribution in [0.15, 0.2) is 53.4 Å². The average molecular weight is 539 g/mol. The Morgan fingerprint density at radius 2 is 1.36 bits per heavy atom. The van der Waals surface area contributed by atoms with E-state index in [0.717, 1.165) is 29.8 Å². The van der Waals surface area contributed by atoms with E-state index in [1.165, 1.54) is 89.2 Å². The van der Waals surface area contributed by atoms with Crippen molar-refractivity contribution < 1.29 is 64.4 Å². The maximum Gasteiger partial charge on any atom is 1.00 e. The Bertz CT molecular complexity index is 985. The Morgan fingerprint density at radius 3 is 1.92 bits per heavy atom. The van der Waals surface area contributed by atoms with E-state index in [9.17, 15) is 13.0 Å². The molecule has 36 heavy (non-hydrogen) atoms. The molecule has 0 saturated heterocycles. The van der Waals surface area contributed by atoms with Gasteiger partial charge in [-0.25, -0.2) is 8.42 Å². The van der Waals surface area contributed by atoms with Gasteiger partial charge in [-0.05, 0) is 36.6 Å². The first-order valence-electron chi connectivity index (χ1n) is 13.7. The molecular weight excluding hydrogens is 495 g/mol. The summed E-state index contributed by atoms with van der Waals surface area (Å²) in [5, 5.41) is 3.56. The third kappa shape index (κ3) is 10.8. The molecule has 1 atom stereocenters. The zero-order valence-corrected chi connectivity index (χ0v) is 26.3. The van der Waals surface area contributed by atoms with Gasteiger partial charge in [0.15, 0.2) is 0 Å². The van der Waals surface area contributed by atoms with Gasteiger partial charge in [0.2, 0.25) is 0 Å². The second-order valence-electron chi connectivity index (χ2n) is 9.94. The minimum Gasteiger partial charge on any atom is -0.744 e. The van der Waals surface area contributed by atoms with Crippen LogP contribution in [0.3, 0.4) is 0 Å². The predicted molar refractivity (Wildman–Crippen MR) is 145 cm³/mol. The fourth-order valence-electron chi connectivity index (χ4n) is 5.01. The molecule has 2 aromatic rings. The van der Waals surface area contributed by atoms with Crippen molar-refractivity contribution in [2.24, 2.45) is 0 Å². The molecule has 0 radical (unpaired) electrons. The fraction of sp³-hybridized carbons (Fsp3) is 0.586. The molecular formula is C29H43KN2O3S. The maximum atomic E-state index is 11.6. The molecule has 0 aromatic heterocycles. The van der Waals surface area contributed by atoms with Crippen LogP contribution in [0.2, 0.25) is 0 Å². The van der Waals surface area contributed by atoms with Gasteiger partial charge >= 0.3 is 51.4 Å². The van der Waals surface area contributed by atoms with Crippen molar-refractivity contribution in [1.82, 2.24) is 0 Å². The number of fused-ring (bicyclic) bond motifs is 1. The van der Waals surface area contributed by atoms with Crippen molar-refractivity contribution in [2.75, 3.05) is 10.2 Å². The number of hydrogen-bond donors (Lipinski definition) is 1. The topological polar surface area (TPSA) is 72.5 Å². The van der Waals surface area contributed by atoms with Crippen LogP contribution in [0.25, 0.3) is 0 Å². The van der Waals surface area contributed by atoms with E-state index >= 15 is 0 Å². The monoisotopic (exact) mass is 538 g/mol. The Morgan fingerprint density at radius 1 is 0.806 bits per heavy atom. The molecule has 0 spiro atoms. The van der Waals surface area contributed by atoms with Crippen molar-refractivity contribution in [3.05, 3.63) is 54.1 Å². The van der Waals surface area contributed by atoms with Crippen LogP contribution in [-0.4, -0.2) is 19.1 Å². The van der Waals surface area contributed by atoms with Gasteiger partial charge in [-0.15, -0.1) is 0 Å². The summed E-state index contributed by atoms with van der Waals surface area (Å²) in [7, 11) is -4.48. The van der Waals surface area contributed by atoms with Crippen LogP contribution in [0.5, 0.6) is 0 Å². The average Bonchev–Trinajstić information content (AvgIpc) is 3.18. The second kappa shape index (κ2) is 17.2. The molecule has 1 aliphatic heterocycles. The van der Waals surface area contributed by atoms with E-state index in [-0.39, 0.29) is 62.4 Å². The normalized spacial score (nSPS) is 14.8. The Kier molecular flexibility index (Phi) is 15.2. The van der Waals surface area contributed by atoms with Gasteiger partial charge in [0.05, 0.1) is 22.4 Å². The molecule has 1 unspecified atom stereocenters. The van der Waals surface area contributed by atoms with Gasteiger partial charge in [-0.3, -0.25) is 0 Å². The molecule has 0 bridgehead atoms. The summed E-state index contributed by atoms with van der Waals surface area (Å²) in [5.41, 5.74) is 2.85. The number of rotatable bonds is 17. The largest absolute Gasteiger partial charge is 1.00 e. The summed E-state index contributed by atoms with van der Waals surface area (Å²) in [6, 6.07) is 14.8. The maximum absolute atomic E-state index is 11.6. The summed E-state index contributed by atoms with van der Waals surface area (Å²) in [6.07, 6.45) is 18.4. The first-order valence-corrected chi connectivity index (χ1v) is 15.1. The number of hydrogen-bond acceptors (Lipinski definition) is 5. The van der Waals surface area contributed by atoms with Gasteiger partial charge in [0.1, 0.15) is 10.1 Å². The van der Waals surface area contributed by atoms with E-state index in [4.69, 9.17) is 0 Å². The van der Waals surface area contributed by atoms with Crippen molar-refractivity contribution in [1.29, 1.82) is 0 Å². The van der Waals surface area contributed by atoms with Crippen LogP contribution in [0.4, 0.5) is 11.4 Å². The summed E-state index contributed by atoms with van der Waals surface area (Å²) in [4.78, 5) is 2.04. The fourth-order valence-corrected chi connectivity index (χ4v) is 5.50. The quantitative estimate of drug-likeness (QED) is 0.177. The van der Waals surface area contributed by atoms with Crippen molar-refractivity contribution in [2.45, 2.75) is 114 Å². The molecule has 0 amide bonds. The van der Waals surface area contributed by atoms with E-state index < -0.39 is 10.1 Å². The number of nitrogens with one attached hydrogen (secondary N) is 1. The van der Waals surface area contributed by atoms with Gasteiger partial charge in [0.25, 0.3) is 0 Å². The van der Waals surface area contributed by atoms with Gasteiger partial charge in [0, 0.05) is 6.54 Å². The van der Waals surface area contributed by atoms with Crippen molar-refractivity contribution in [3.63, 3.8) is 0 Å². The minimum absolute atomic E-state index is 0. The zero-order valence-electron chi connectivity index (χ0n) is 22.4. The molecule has 1 N–H and O–H groups in total. The van der Waals surface area contributed by atoms with Crippen LogP contribution in [0.1, 0.15) is 102 Å². The first-order chi connectivity index (χ1) is 17.0. The number of unbranched alkanes of at least 4 members (excludes halogenated alkanes) is 12. The van der Waals surface area contributed by atoms with Gasteiger partial charge in [-0.1, -0.05) is 114 Å². The SMILES string of the molecule is CCCCCCCCCCCCCCCC1Nc2ccc(S(=O)(=O)[O-])cc2N1Cc1ccccc1.[K+]. The van der Waals surface area contributed by atoms with E-state index in [1.807, 2.05) is 18.2 Å². The van der Waals surface area contributed by atoms with Crippen LogP contribution in [0, 0.1) is 0 Å². The van der Waals surface area contributed by atoms with Crippen LogP contribution >= 0.6 is 0 Å². The smallest absolute Gasteiger partial charge is 0.744 e. The van der Waals surface area contributed by atoms with Crippen LogP contribution < -0.4 is 61.6 Å². The Hall–Kier alpha value is -0.414. The number of benzene rings is 2. The van der Waals surface area contributed by atoms with E-state index in [1.54, 1.807) is 6.07 Å². The summed E-state index contributed by atoms with van der Waals surface area (Å²) in [5.74, 6) is 0. The molecule has 0 aliphatic carbocycles. The van der Waals surface area contributed by atoms with E-state index in [2.05, 4.69) is 29.3 Å². The molecule has 7 heteroatoms. The van der Waals surface area contributed by atoms with Gasteiger partial charge in [-0.2, -0.15) is 0 Å². The molecule has 1 aliphatic rings. The van der Waals surface area contributed by atoms with Crippen molar-refractivity contribution in [3.8, 4) is 0 Å². The van der Waals surface area contributed by atoms with Gasteiger partial charge < -0.3 is 14.8 Å². The molecule has 5 nitrogen and oxygen atoms in total. The molecule has 1 heterocycles. The molecule has 2 aromatic carbocycles. The Labute approximate surface area is 262 Å². The standard InChI is InChI=1S/C29H44N2O3S.K/c1-2-3-4-5-6-7-8-9-10-11-12-13-17-20-29-30-27-22-21-26(35(32,33)34)23-28(27)31(29)24-25-18-15-14-16-19-25;/h14-16,18-19,21-23,29-30H,2-13,17,20,24H2,1H3,(H,32,33,34);/q;+1/p-1. The summed E-state index contributed by atoms with van der Waals surface area (Å²) in [6.45, 7) is 2.94. The minimum atomic E-state index is -4.48. The first kappa shape index (κ1) is 31.8. The third-order valence-electron chi connectivity index (χ3n) is 7.04. The number of anilines is 2. The summed E-state index contributed by atoms with van der Waals surface area (Å²) < 4.78 is 34.8. The van der Waals surface area contributed by atoms with E-state index in [0.29, 0.717) is 6.54 Å². The Balaban J connectivity index is 0.00000456. The zero-order chi connectivity index (χ0) is 24.9.